The summed E-state index contributed by atoms with van der Waals surface area (Å²) in [5, 5.41) is 2.54. The molecule has 0 unspecified atom stereocenters. The van der Waals surface area contributed by atoms with Gasteiger partial charge >= 0.3 is 5.97 Å². The van der Waals surface area contributed by atoms with E-state index in [-0.39, 0.29) is 12.2 Å². The Morgan fingerprint density at radius 1 is 1.19 bits per heavy atom. The van der Waals surface area contributed by atoms with Crippen LogP contribution in [0.25, 0.3) is 15.9 Å². The second-order valence-electron chi connectivity index (χ2n) is 6.05. The van der Waals surface area contributed by atoms with Crippen molar-refractivity contribution in [2.75, 3.05) is 0 Å². The number of hydrogen-bond acceptors (Lipinski definition) is 6. The largest absolute Gasteiger partial charge is 0.456 e. The molecule has 26 heavy (non-hydrogen) atoms. The summed E-state index contributed by atoms with van der Waals surface area (Å²) in [5.41, 5.74) is 3.23. The molecular weight excluding hydrogens is 350 g/mol. The van der Waals surface area contributed by atoms with E-state index in [0.29, 0.717) is 16.2 Å². The standard InChI is InChI=1S/C19H15N3O3S/c1-11-3-4-16-14(7-11)15(8-12(2)20-16)18(24)25-10-13-9-17(23)22-5-6-26-19(22)21-13/h3-9H,10H2,1-2H3. The minimum Gasteiger partial charge on any atom is -0.456 e. The van der Waals surface area contributed by atoms with Gasteiger partial charge < -0.3 is 4.74 Å². The Labute approximate surface area is 152 Å². The molecule has 0 saturated carbocycles. The molecule has 7 heteroatoms. The van der Waals surface area contributed by atoms with E-state index in [9.17, 15) is 9.59 Å². The van der Waals surface area contributed by atoms with Crippen LogP contribution in [0.3, 0.4) is 0 Å². The van der Waals surface area contributed by atoms with Crippen LogP contribution in [0.1, 0.15) is 27.3 Å². The molecule has 0 N–H and O–H groups in total. The molecule has 0 spiro atoms. The van der Waals surface area contributed by atoms with Crippen LogP contribution >= 0.6 is 11.3 Å². The number of benzene rings is 1. The first-order valence-electron chi connectivity index (χ1n) is 8.02. The number of carbonyl (C=O) groups excluding carboxylic acids is 1. The van der Waals surface area contributed by atoms with Gasteiger partial charge in [-0.1, -0.05) is 11.6 Å². The van der Waals surface area contributed by atoms with Gasteiger partial charge in [-0.3, -0.25) is 14.2 Å². The van der Waals surface area contributed by atoms with Gasteiger partial charge in [0.05, 0.1) is 16.8 Å². The van der Waals surface area contributed by atoms with Crippen molar-refractivity contribution in [3.63, 3.8) is 0 Å². The van der Waals surface area contributed by atoms with Gasteiger partial charge in [0.1, 0.15) is 6.61 Å². The lowest BCUT2D eigenvalue weighted by Crippen LogP contribution is -2.15. The zero-order chi connectivity index (χ0) is 18.3. The van der Waals surface area contributed by atoms with Crippen LogP contribution < -0.4 is 5.56 Å². The first-order chi connectivity index (χ1) is 12.5. The van der Waals surface area contributed by atoms with Crippen LogP contribution in [-0.4, -0.2) is 20.3 Å². The number of fused-ring (bicyclic) bond motifs is 2. The number of thiazole rings is 1. The minimum atomic E-state index is -0.459. The Hall–Kier alpha value is -3.06. The Morgan fingerprint density at radius 2 is 2.04 bits per heavy atom. The van der Waals surface area contributed by atoms with E-state index in [2.05, 4.69) is 9.97 Å². The van der Waals surface area contributed by atoms with Gasteiger partial charge in [-0.15, -0.1) is 11.3 Å². The third-order valence-corrected chi connectivity index (χ3v) is 4.78. The number of rotatable bonds is 3. The molecular formula is C19H15N3O3S. The maximum atomic E-state index is 12.6. The van der Waals surface area contributed by atoms with E-state index < -0.39 is 5.97 Å². The fourth-order valence-electron chi connectivity index (χ4n) is 2.82. The zero-order valence-corrected chi connectivity index (χ0v) is 15.0. The molecule has 1 aromatic carbocycles. The lowest BCUT2D eigenvalue weighted by molar-refractivity contribution is 0.0470. The fourth-order valence-corrected chi connectivity index (χ4v) is 3.56. The van der Waals surface area contributed by atoms with Crippen LogP contribution in [0, 0.1) is 13.8 Å². The van der Waals surface area contributed by atoms with Crippen molar-refractivity contribution in [3.05, 3.63) is 74.8 Å². The van der Waals surface area contributed by atoms with Gasteiger partial charge in [0.25, 0.3) is 5.56 Å². The van der Waals surface area contributed by atoms with Crippen LogP contribution in [0.4, 0.5) is 0 Å². The van der Waals surface area contributed by atoms with Crippen LogP contribution in [0.5, 0.6) is 0 Å². The van der Waals surface area contributed by atoms with Gasteiger partial charge in [-0.2, -0.15) is 0 Å². The number of nitrogens with zero attached hydrogens (tertiary/aromatic N) is 3. The van der Waals surface area contributed by atoms with Gasteiger partial charge in [0.2, 0.25) is 0 Å². The molecule has 0 radical (unpaired) electrons. The van der Waals surface area contributed by atoms with Gasteiger partial charge in [-0.25, -0.2) is 9.78 Å². The van der Waals surface area contributed by atoms with Gasteiger partial charge in [-0.05, 0) is 32.0 Å². The van der Waals surface area contributed by atoms with E-state index >= 15 is 0 Å². The van der Waals surface area contributed by atoms with Crippen LogP contribution in [0.15, 0.2) is 46.7 Å². The summed E-state index contributed by atoms with van der Waals surface area (Å²) < 4.78 is 6.88. The zero-order valence-electron chi connectivity index (χ0n) is 14.2. The molecule has 0 atom stereocenters. The highest BCUT2D eigenvalue weighted by atomic mass is 32.1. The monoisotopic (exact) mass is 365 g/mol. The topological polar surface area (TPSA) is 73.6 Å². The molecule has 3 aromatic heterocycles. The van der Waals surface area contributed by atoms with Gasteiger partial charge in [0, 0.05) is 28.7 Å². The van der Waals surface area contributed by atoms with Crippen molar-refractivity contribution in [2.45, 2.75) is 20.5 Å². The molecule has 4 rings (SSSR count). The molecule has 4 aromatic rings. The first-order valence-corrected chi connectivity index (χ1v) is 8.90. The molecule has 0 saturated heterocycles. The number of hydrogen-bond donors (Lipinski definition) is 0. The third-order valence-electron chi connectivity index (χ3n) is 4.02. The SMILES string of the molecule is Cc1ccc2nc(C)cc(C(=O)OCc3cc(=O)n4ccsc4n3)c2c1. The maximum Gasteiger partial charge on any atom is 0.339 e. The summed E-state index contributed by atoms with van der Waals surface area (Å²) in [6, 6.07) is 8.86. The number of aromatic nitrogens is 3. The summed E-state index contributed by atoms with van der Waals surface area (Å²) >= 11 is 1.35. The summed E-state index contributed by atoms with van der Waals surface area (Å²) in [6.07, 6.45) is 1.67. The maximum absolute atomic E-state index is 12.6. The Balaban J connectivity index is 1.64. The van der Waals surface area contributed by atoms with Crippen molar-refractivity contribution < 1.29 is 9.53 Å². The smallest absolute Gasteiger partial charge is 0.339 e. The van der Waals surface area contributed by atoms with Crippen LogP contribution in [-0.2, 0) is 11.3 Å². The van der Waals surface area contributed by atoms with E-state index in [1.165, 1.54) is 21.8 Å². The molecule has 130 valence electrons. The molecule has 0 aliphatic carbocycles. The highest BCUT2D eigenvalue weighted by molar-refractivity contribution is 7.15. The van der Waals surface area contributed by atoms with Crippen molar-refractivity contribution in [1.29, 1.82) is 0 Å². The summed E-state index contributed by atoms with van der Waals surface area (Å²) in [7, 11) is 0. The van der Waals surface area contributed by atoms with Crippen molar-refractivity contribution in [2.24, 2.45) is 0 Å². The Morgan fingerprint density at radius 3 is 2.88 bits per heavy atom. The van der Waals surface area contributed by atoms with Crippen molar-refractivity contribution in [1.82, 2.24) is 14.4 Å². The van der Waals surface area contributed by atoms with E-state index in [1.54, 1.807) is 17.6 Å². The van der Waals surface area contributed by atoms with Crippen molar-refractivity contribution in [3.8, 4) is 0 Å². The fraction of sp³-hybridized carbons (Fsp3) is 0.158. The molecule has 0 amide bonds. The van der Waals surface area contributed by atoms with E-state index in [1.807, 2.05) is 32.0 Å². The lowest BCUT2D eigenvalue weighted by atomic mass is 10.1. The highest BCUT2D eigenvalue weighted by Crippen LogP contribution is 2.21. The second-order valence-corrected chi connectivity index (χ2v) is 6.92. The average Bonchev–Trinajstić information content (AvgIpc) is 3.08. The number of esters is 1. The number of carbonyl (C=O) groups is 1. The lowest BCUT2D eigenvalue weighted by Gasteiger charge is -2.09. The second kappa shape index (κ2) is 6.34. The quantitative estimate of drug-likeness (QED) is 0.521. The molecule has 3 heterocycles. The molecule has 6 nitrogen and oxygen atoms in total. The molecule has 0 aliphatic rings. The van der Waals surface area contributed by atoms with Crippen LogP contribution in [0.2, 0.25) is 0 Å². The average molecular weight is 365 g/mol. The molecule has 0 fully saturated rings. The summed E-state index contributed by atoms with van der Waals surface area (Å²) in [4.78, 5) is 34.0. The number of aryl methyl sites for hydroxylation is 2. The van der Waals surface area contributed by atoms with Crippen molar-refractivity contribution >= 4 is 33.2 Å². The normalized spacial score (nSPS) is 11.2. The number of pyridine rings is 1. The Bertz CT molecular complexity index is 1210. The number of ether oxygens (including phenoxy) is 1. The summed E-state index contributed by atoms with van der Waals surface area (Å²) in [6.45, 7) is 3.74. The van der Waals surface area contributed by atoms with Gasteiger partial charge in [0.15, 0.2) is 4.96 Å². The highest BCUT2D eigenvalue weighted by Gasteiger charge is 2.15. The molecule has 0 bridgehead atoms. The molecule has 0 aliphatic heterocycles. The van der Waals surface area contributed by atoms with E-state index in [4.69, 9.17) is 4.74 Å². The summed E-state index contributed by atoms with van der Waals surface area (Å²) in [5.74, 6) is -0.459. The Kier molecular flexibility index (Phi) is 4.00. The predicted molar refractivity (Wildman–Crippen MR) is 99.7 cm³/mol. The van der Waals surface area contributed by atoms with E-state index in [0.717, 1.165) is 22.2 Å². The third kappa shape index (κ3) is 2.97. The predicted octanol–water partition coefficient (Wildman–Crippen LogP) is 3.28. The first kappa shape index (κ1) is 16.4. The minimum absolute atomic E-state index is 0.0584.